The Morgan fingerprint density at radius 1 is 1.24 bits per heavy atom. The minimum atomic E-state index is -1.03. The zero-order chi connectivity index (χ0) is 24.2. The van der Waals surface area contributed by atoms with Crippen LogP contribution >= 0.6 is 11.3 Å². The smallest absolute Gasteiger partial charge is 0.407 e. The van der Waals surface area contributed by atoms with E-state index in [1.807, 2.05) is 69.6 Å². The third kappa shape index (κ3) is 5.73. The summed E-state index contributed by atoms with van der Waals surface area (Å²) < 4.78 is 7.31. The minimum Gasteiger partial charge on any atom is -0.494 e. The number of benzene rings is 1. The van der Waals surface area contributed by atoms with Gasteiger partial charge >= 0.3 is 6.09 Å². The van der Waals surface area contributed by atoms with Crippen LogP contribution in [-0.4, -0.2) is 57.0 Å². The maximum absolute atomic E-state index is 13.3. The molecule has 0 aliphatic heterocycles. The molecule has 2 amide bonds. The van der Waals surface area contributed by atoms with Gasteiger partial charge in [0.1, 0.15) is 4.88 Å². The maximum Gasteiger partial charge on any atom is 0.407 e. The number of aromatic nitrogens is 2. The number of hydrogen-bond acceptors (Lipinski definition) is 5. The zero-order valence-electron chi connectivity index (χ0n) is 19.5. The van der Waals surface area contributed by atoms with Crippen LogP contribution < -0.4 is 10.1 Å². The van der Waals surface area contributed by atoms with Crippen molar-refractivity contribution in [1.29, 1.82) is 0 Å². The molecule has 0 radical (unpaired) electrons. The number of carbonyl (C=O) groups excluding carboxylic acids is 1. The van der Waals surface area contributed by atoms with Gasteiger partial charge in [-0.15, -0.1) is 11.3 Å². The molecular formula is C24H30N4O4S. The van der Waals surface area contributed by atoms with Crippen molar-refractivity contribution >= 4 is 23.3 Å². The molecule has 9 heteroatoms. The van der Waals surface area contributed by atoms with E-state index in [1.54, 1.807) is 10.9 Å². The topological polar surface area (TPSA) is 96.7 Å². The lowest BCUT2D eigenvalue weighted by atomic mass is 10.0. The summed E-state index contributed by atoms with van der Waals surface area (Å²) in [7, 11) is 3.36. The number of carbonyl (C=O) groups is 2. The van der Waals surface area contributed by atoms with E-state index in [9.17, 15) is 14.7 Å². The van der Waals surface area contributed by atoms with Crippen LogP contribution in [0.15, 0.2) is 48.0 Å². The molecule has 0 saturated carbocycles. The Labute approximate surface area is 197 Å². The number of carboxylic acid groups (broad SMARTS) is 1. The van der Waals surface area contributed by atoms with Crippen LogP contribution in [0, 0.1) is 0 Å². The van der Waals surface area contributed by atoms with E-state index in [1.165, 1.54) is 23.3 Å². The fourth-order valence-corrected chi connectivity index (χ4v) is 4.62. The highest BCUT2D eigenvalue weighted by molar-refractivity contribution is 7.13. The van der Waals surface area contributed by atoms with Crippen LogP contribution in [0.1, 0.15) is 36.0 Å². The average molecular weight is 471 g/mol. The van der Waals surface area contributed by atoms with Gasteiger partial charge < -0.3 is 20.1 Å². The van der Waals surface area contributed by atoms with Crippen molar-refractivity contribution in [3.8, 4) is 17.0 Å². The fraction of sp³-hybridized carbons (Fsp3) is 0.375. The second-order valence-corrected chi connectivity index (χ2v) is 9.66. The second kappa shape index (κ2) is 10.1. The lowest BCUT2D eigenvalue weighted by Crippen LogP contribution is -2.53. The second-order valence-electron chi connectivity index (χ2n) is 8.78. The SMILES string of the molecule is COc1c(-c2ccnn2C)csc1C(=O)NC(Cc1ccccc1)CN(C(=O)O)C(C)(C)C. The molecular weight excluding hydrogens is 440 g/mol. The van der Waals surface area contributed by atoms with E-state index >= 15 is 0 Å². The third-order valence-corrected chi connectivity index (χ3v) is 6.32. The van der Waals surface area contributed by atoms with Crippen molar-refractivity contribution < 1.29 is 19.4 Å². The molecule has 2 heterocycles. The highest BCUT2D eigenvalue weighted by Gasteiger charge is 2.30. The molecule has 2 N–H and O–H groups in total. The van der Waals surface area contributed by atoms with Crippen molar-refractivity contribution in [3.05, 3.63) is 58.4 Å². The summed E-state index contributed by atoms with van der Waals surface area (Å²) in [6.45, 7) is 5.67. The summed E-state index contributed by atoms with van der Waals surface area (Å²) in [5, 5.41) is 18.9. The predicted molar refractivity (Wildman–Crippen MR) is 129 cm³/mol. The number of hydrogen-bond donors (Lipinski definition) is 2. The van der Waals surface area contributed by atoms with Crippen LogP contribution in [-0.2, 0) is 13.5 Å². The molecule has 0 aliphatic rings. The van der Waals surface area contributed by atoms with Gasteiger partial charge in [-0.2, -0.15) is 5.10 Å². The molecule has 1 atom stereocenters. The quantitative estimate of drug-likeness (QED) is 0.512. The summed E-state index contributed by atoms with van der Waals surface area (Å²) in [5.74, 6) is 0.177. The first-order valence-corrected chi connectivity index (χ1v) is 11.5. The van der Waals surface area contributed by atoms with Crippen LogP contribution in [0.4, 0.5) is 4.79 Å². The molecule has 0 saturated heterocycles. The van der Waals surface area contributed by atoms with Gasteiger partial charge in [0, 0.05) is 30.7 Å². The molecule has 176 valence electrons. The molecule has 1 aromatic carbocycles. The summed E-state index contributed by atoms with van der Waals surface area (Å²) in [6, 6.07) is 11.1. The zero-order valence-corrected chi connectivity index (χ0v) is 20.3. The molecule has 33 heavy (non-hydrogen) atoms. The average Bonchev–Trinajstić information content (AvgIpc) is 3.36. The largest absolute Gasteiger partial charge is 0.494 e. The number of methoxy groups -OCH3 is 1. The van der Waals surface area contributed by atoms with Gasteiger partial charge in [-0.1, -0.05) is 30.3 Å². The van der Waals surface area contributed by atoms with Gasteiger partial charge in [0.2, 0.25) is 0 Å². The van der Waals surface area contributed by atoms with Crippen LogP contribution in [0.2, 0.25) is 0 Å². The summed E-state index contributed by atoms with van der Waals surface area (Å²) in [5.41, 5.74) is 2.02. The number of ether oxygens (including phenoxy) is 1. The first kappa shape index (κ1) is 24.3. The number of nitrogens with zero attached hydrogens (tertiary/aromatic N) is 3. The van der Waals surface area contributed by atoms with E-state index in [4.69, 9.17) is 4.74 Å². The first-order chi connectivity index (χ1) is 15.6. The van der Waals surface area contributed by atoms with E-state index < -0.39 is 17.7 Å². The van der Waals surface area contributed by atoms with Gasteiger partial charge in [0.15, 0.2) is 5.75 Å². The predicted octanol–water partition coefficient (Wildman–Crippen LogP) is 4.28. The van der Waals surface area contributed by atoms with Crippen LogP contribution in [0.25, 0.3) is 11.3 Å². The van der Waals surface area contributed by atoms with Gasteiger partial charge in [0.25, 0.3) is 5.91 Å². The van der Waals surface area contributed by atoms with Gasteiger partial charge in [-0.25, -0.2) is 4.79 Å². The molecule has 3 rings (SSSR count). The number of rotatable bonds is 8. The summed E-state index contributed by atoms with van der Waals surface area (Å²) >= 11 is 1.29. The third-order valence-electron chi connectivity index (χ3n) is 5.36. The van der Waals surface area contributed by atoms with E-state index in [2.05, 4.69) is 10.4 Å². The Kier molecular flexibility index (Phi) is 7.43. The van der Waals surface area contributed by atoms with Gasteiger partial charge in [-0.3, -0.25) is 9.48 Å². The highest BCUT2D eigenvalue weighted by atomic mass is 32.1. The molecule has 0 bridgehead atoms. The Hall–Kier alpha value is -3.33. The standard InChI is InChI=1S/C24H30N4O4S/c1-24(2,3)28(23(30)31)14-17(13-16-9-7-6-8-10-16)26-22(29)21-20(32-5)18(15-33-21)19-11-12-25-27(19)4/h6-12,15,17H,13-14H2,1-5H3,(H,26,29)(H,30,31). The van der Waals surface area contributed by atoms with Gasteiger partial charge in [-0.05, 0) is 38.8 Å². The van der Waals surface area contributed by atoms with E-state index in [-0.39, 0.29) is 12.5 Å². The maximum atomic E-state index is 13.3. The first-order valence-electron chi connectivity index (χ1n) is 10.6. The Balaban J connectivity index is 1.89. The van der Waals surface area contributed by atoms with Gasteiger partial charge in [0.05, 0.1) is 24.4 Å². The molecule has 1 unspecified atom stereocenters. The lowest BCUT2D eigenvalue weighted by Gasteiger charge is -2.36. The number of aryl methyl sites for hydroxylation is 1. The molecule has 2 aromatic heterocycles. The molecule has 0 aliphatic carbocycles. The number of thiophene rings is 1. The number of nitrogens with one attached hydrogen (secondary N) is 1. The normalized spacial score (nSPS) is 12.3. The van der Waals surface area contributed by atoms with Crippen LogP contribution in [0.3, 0.4) is 0 Å². The lowest BCUT2D eigenvalue weighted by molar-refractivity contribution is 0.0823. The van der Waals surface area contributed by atoms with E-state index in [0.717, 1.165) is 16.8 Å². The monoisotopic (exact) mass is 470 g/mol. The minimum absolute atomic E-state index is 0.155. The Morgan fingerprint density at radius 3 is 2.48 bits per heavy atom. The summed E-state index contributed by atoms with van der Waals surface area (Å²) in [4.78, 5) is 27.1. The fourth-order valence-electron chi connectivity index (χ4n) is 3.69. The molecule has 0 spiro atoms. The molecule has 0 fully saturated rings. The Morgan fingerprint density at radius 2 is 1.94 bits per heavy atom. The molecule has 3 aromatic rings. The molecule has 8 nitrogen and oxygen atoms in total. The highest BCUT2D eigenvalue weighted by Crippen LogP contribution is 2.38. The van der Waals surface area contributed by atoms with Crippen molar-refractivity contribution in [3.63, 3.8) is 0 Å². The van der Waals surface area contributed by atoms with Crippen molar-refractivity contribution in [2.45, 2.75) is 38.8 Å². The van der Waals surface area contributed by atoms with Crippen molar-refractivity contribution in [1.82, 2.24) is 20.0 Å². The van der Waals surface area contributed by atoms with E-state index in [0.29, 0.717) is 17.0 Å². The summed E-state index contributed by atoms with van der Waals surface area (Å²) in [6.07, 6.45) is 1.16. The van der Waals surface area contributed by atoms with Crippen molar-refractivity contribution in [2.24, 2.45) is 7.05 Å². The van der Waals surface area contributed by atoms with Crippen molar-refractivity contribution in [2.75, 3.05) is 13.7 Å². The number of amides is 2. The van der Waals surface area contributed by atoms with Crippen LogP contribution in [0.5, 0.6) is 5.75 Å². The Bertz CT molecular complexity index is 1100.